The Bertz CT molecular complexity index is 494. The van der Waals surface area contributed by atoms with Gasteiger partial charge in [0.25, 0.3) is 0 Å². The highest BCUT2D eigenvalue weighted by atomic mass is 19.3. The van der Waals surface area contributed by atoms with Crippen molar-refractivity contribution in [1.29, 1.82) is 0 Å². The predicted molar refractivity (Wildman–Crippen MR) is 71.0 cm³/mol. The molecule has 0 aliphatic heterocycles. The van der Waals surface area contributed by atoms with Crippen molar-refractivity contribution in [3.05, 3.63) is 24.0 Å². The monoisotopic (exact) mass is 306 g/mol. The molecule has 21 heavy (non-hydrogen) atoms. The van der Waals surface area contributed by atoms with Crippen molar-refractivity contribution in [3.63, 3.8) is 0 Å². The van der Waals surface area contributed by atoms with Gasteiger partial charge in [-0.25, -0.2) is 9.18 Å². The van der Waals surface area contributed by atoms with Gasteiger partial charge in [0.1, 0.15) is 5.82 Å². The molecule has 1 aromatic rings. The molecule has 0 aliphatic carbocycles. The van der Waals surface area contributed by atoms with Crippen LogP contribution >= 0.6 is 0 Å². The van der Waals surface area contributed by atoms with Gasteiger partial charge >= 0.3 is 12.6 Å². The van der Waals surface area contributed by atoms with Crippen molar-refractivity contribution >= 4 is 11.7 Å². The van der Waals surface area contributed by atoms with E-state index in [0.717, 1.165) is 18.2 Å². The van der Waals surface area contributed by atoms with Crippen LogP contribution in [0.15, 0.2) is 18.2 Å². The van der Waals surface area contributed by atoms with E-state index in [1.54, 1.807) is 13.8 Å². The summed E-state index contributed by atoms with van der Waals surface area (Å²) in [5.41, 5.74) is -0.959. The Kier molecular flexibility index (Phi) is 5.83. The van der Waals surface area contributed by atoms with Gasteiger partial charge in [-0.05, 0) is 25.5 Å². The number of ether oxygens (including phenoxy) is 1. The SMILES string of the molecule is CC[C@@](C)(CO)NC(=O)Nc1ccc(F)cc1OC(F)F. The minimum atomic E-state index is -3.14. The summed E-state index contributed by atoms with van der Waals surface area (Å²) in [7, 11) is 0. The molecule has 1 aromatic carbocycles. The molecule has 3 N–H and O–H groups in total. The number of nitrogens with one attached hydrogen (secondary N) is 2. The van der Waals surface area contributed by atoms with Crippen LogP contribution in [0.2, 0.25) is 0 Å². The second-order valence-corrected chi connectivity index (χ2v) is 4.67. The maximum absolute atomic E-state index is 13.0. The van der Waals surface area contributed by atoms with Gasteiger partial charge in [0, 0.05) is 6.07 Å². The summed E-state index contributed by atoms with van der Waals surface area (Å²) in [6, 6.07) is 2.12. The lowest BCUT2D eigenvalue weighted by Gasteiger charge is -2.27. The third-order valence-electron chi connectivity index (χ3n) is 2.95. The number of alkyl halides is 2. The van der Waals surface area contributed by atoms with Crippen LogP contribution < -0.4 is 15.4 Å². The molecule has 0 aromatic heterocycles. The molecule has 118 valence electrons. The number of aliphatic hydroxyl groups excluding tert-OH is 1. The van der Waals surface area contributed by atoms with Crippen LogP contribution in [0.25, 0.3) is 0 Å². The van der Waals surface area contributed by atoms with Gasteiger partial charge in [-0.2, -0.15) is 8.78 Å². The van der Waals surface area contributed by atoms with Crippen molar-refractivity contribution in [2.75, 3.05) is 11.9 Å². The largest absolute Gasteiger partial charge is 0.432 e. The average molecular weight is 306 g/mol. The Morgan fingerprint density at radius 2 is 2.14 bits per heavy atom. The van der Waals surface area contributed by atoms with Gasteiger partial charge in [-0.3, -0.25) is 0 Å². The molecule has 2 amide bonds. The Hall–Kier alpha value is -1.96. The molecule has 0 saturated heterocycles. The van der Waals surface area contributed by atoms with Gasteiger partial charge in [0.05, 0.1) is 17.8 Å². The van der Waals surface area contributed by atoms with Crippen LogP contribution in [0.4, 0.5) is 23.7 Å². The number of rotatable bonds is 6. The Morgan fingerprint density at radius 3 is 2.67 bits per heavy atom. The smallest absolute Gasteiger partial charge is 0.387 e. The van der Waals surface area contributed by atoms with Gasteiger partial charge in [0.2, 0.25) is 0 Å². The molecule has 0 saturated carbocycles. The average Bonchev–Trinajstić information content (AvgIpc) is 2.41. The summed E-state index contributed by atoms with van der Waals surface area (Å²) in [6.45, 7) is -0.0531. The van der Waals surface area contributed by atoms with E-state index in [4.69, 9.17) is 0 Å². The van der Waals surface area contributed by atoms with Gasteiger partial charge in [-0.1, -0.05) is 6.92 Å². The Morgan fingerprint density at radius 1 is 1.48 bits per heavy atom. The van der Waals surface area contributed by atoms with E-state index >= 15 is 0 Å². The van der Waals surface area contributed by atoms with Crippen molar-refractivity contribution in [2.45, 2.75) is 32.4 Å². The summed E-state index contributed by atoms with van der Waals surface area (Å²) in [4.78, 5) is 11.8. The van der Waals surface area contributed by atoms with E-state index in [1.807, 2.05) is 0 Å². The quantitative estimate of drug-likeness (QED) is 0.757. The molecule has 5 nitrogen and oxygen atoms in total. The minimum absolute atomic E-state index is 0.106. The first-order valence-corrected chi connectivity index (χ1v) is 6.24. The maximum atomic E-state index is 13.0. The number of hydrogen-bond donors (Lipinski definition) is 3. The first-order chi connectivity index (χ1) is 9.79. The highest BCUT2D eigenvalue weighted by Gasteiger charge is 2.24. The standard InChI is InChI=1S/C13H17F3N2O3/c1-3-13(2,7-19)18-12(20)17-9-5-4-8(14)6-10(9)21-11(15)16/h4-6,11,19H,3,7H2,1-2H3,(H2,17,18,20)/t13-/m0/s1. The molecular formula is C13H17F3N2O3. The molecule has 8 heteroatoms. The number of hydrogen-bond acceptors (Lipinski definition) is 3. The lowest BCUT2D eigenvalue weighted by atomic mass is 10.0. The highest BCUT2D eigenvalue weighted by molar-refractivity contribution is 5.91. The number of benzene rings is 1. The second kappa shape index (κ2) is 7.16. The van der Waals surface area contributed by atoms with Crippen molar-refractivity contribution in [1.82, 2.24) is 5.32 Å². The minimum Gasteiger partial charge on any atom is -0.432 e. The zero-order valence-electron chi connectivity index (χ0n) is 11.6. The zero-order valence-corrected chi connectivity index (χ0v) is 11.6. The Labute approximate surface area is 120 Å². The second-order valence-electron chi connectivity index (χ2n) is 4.67. The molecule has 0 radical (unpaired) electrons. The molecule has 0 spiro atoms. The van der Waals surface area contributed by atoms with Gasteiger partial charge < -0.3 is 20.5 Å². The van der Waals surface area contributed by atoms with E-state index in [1.165, 1.54) is 0 Å². The molecule has 0 bridgehead atoms. The van der Waals surface area contributed by atoms with E-state index in [-0.39, 0.29) is 12.3 Å². The number of carbonyl (C=O) groups excluding carboxylic acids is 1. The number of halogens is 3. The first kappa shape index (κ1) is 17.1. The highest BCUT2D eigenvalue weighted by Crippen LogP contribution is 2.27. The van der Waals surface area contributed by atoms with E-state index in [2.05, 4.69) is 15.4 Å². The summed E-state index contributed by atoms with van der Waals surface area (Å²) >= 11 is 0. The molecule has 0 unspecified atom stereocenters. The van der Waals surface area contributed by atoms with Crippen LogP contribution in [0.1, 0.15) is 20.3 Å². The molecule has 1 rings (SSSR count). The normalized spacial score (nSPS) is 13.7. The van der Waals surface area contributed by atoms with Crippen molar-refractivity contribution < 1.29 is 27.8 Å². The van der Waals surface area contributed by atoms with Gasteiger partial charge in [0.15, 0.2) is 5.75 Å². The number of amides is 2. The summed E-state index contributed by atoms with van der Waals surface area (Å²) in [5, 5.41) is 14.0. The Balaban J connectivity index is 2.85. The van der Waals surface area contributed by atoms with Crippen LogP contribution in [-0.4, -0.2) is 29.9 Å². The van der Waals surface area contributed by atoms with Crippen LogP contribution in [-0.2, 0) is 0 Å². The lowest BCUT2D eigenvalue weighted by molar-refractivity contribution is -0.0495. The molecular weight excluding hydrogens is 289 g/mol. The molecule has 1 atom stereocenters. The lowest BCUT2D eigenvalue weighted by Crippen LogP contribution is -2.50. The number of anilines is 1. The fourth-order valence-corrected chi connectivity index (χ4v) is 1.46. The van der Waals surface area contributed by atoms with E-state index in [9.17, 15) is 23.1 Å². The maximum Gasteiger partial charge on any atom is 0.387 e. The molecule has 0 heterocycles. The molecule has 0 aliphatic rings. The number of aliphatic hydroxyl groups is 1. The first-order valence-electron chi connectivity index (χ1n) is 6.24. The zero-order chi connectivity index (χ0) is 16.0. The van der Waals surface area contributed by atoms with Crippen LogP contribution in [0.3, 0.4) is 0 Å². The van der Waals surface area contributed by atoms with Crippen LogP contribution in [0, 0.1) is 5.82 Å². The fourth-order valence-electron chi connectivity index (χ4n) is 1.46. The predicted octanol–water partition coefficient (Wildman–Crippen LogP) is 2.71. The third-order valence-corrected chi connectivity index (χ3v) is 2.95. The van der Waals surface area contributed by atoms with E-state index < -0.39 is 29.7 Å². The summed E-state index contributed by atoms with van der Waals surface area (Å²) in [6.07, 6.45) is 0.459. The number of carbonyl (C=O) groups is 1. The van der Waals surface area contributed by atoms with E-state index in [0.29, 0.717) is 6.42 Å². The van der Waals surface area contributed by atoms with Crippen LogP contribution in [0.5, 0.6) is 5.75 Å². The van der Waals surface area contributed by atoms with Gasteiger partial charge in [-0.15, -0.1) is 0 Å². The van der Waals surface area contributed by atoms with Crippen molar-refractivity contribution in [2.24, 2.45) is 0 Å². The fraction of sp³-hybridized carbons (Fsp3) is 0.462. The van der Waals surface area contributed by atoms with Crippen molar-refractivity contribution in [3.8, 4) is 5.75 Å². The topological polar surface area (TPSA) is 70.6 Å². The summed E-state index contributed by atoms with van der Waals surface area (Å²) in [5.74, 6) is -1.26. The molecule has 0 fully saturated rings. The number of urea groups is 1. The third kappa shape index (κ3) is 5.14. The summed E-state index contributed by atoms with van der Waals surface area (Å²) < 4.78 is 41.7.